The fourth-order valence-corrected chi connectivity index (χ4v) is 10.2. The van der Waals surface area contributed by atoms with Gasteiger partial charge in [-0.15, -0.1) is 0 Å². The summed E-state index contributed by atoms with van der Waals surface area (Å²) in [6.07, 6.45) is 0. The van der Waals surface area contributed by atoms with Gasteiger partial charge in [0.15, 0.2) is 0 Å². The van der Waals surface area contributed by atoms with E-state index < -0.39 is 0 Å². The molecular formula is C64H42N2O. The number of hydrogen-bond acceptors (Lipinski definition) is 2. The second kappa shape index (κ2) is 16.0. The molecule has 0 saturated heterocycles. The number of para-hydroxylation sites is 4. The molecule has 314 valence electrons. The van der Waals surface area contributed by atoms with E-state index in [1.165, 1.54) is 43.9 Å². The fourth-order valence-electron chi connectivity index (χ4n) is 10.2. The molecule has 0 bridgehead atoms. The maximum Gasteiger partial charge on any atom is 0.143 e. The molecule has 0 amide bonds. The molecule has 2 heterocycles. The predicted octanol–water partition coefficient (Wildman–Crippen LogP) is 18.0. The summed E-state index contributed by atoms with van der Waals surface area (Å²) in [4.78, 5) is 2.40. The van der Waals surface area contributed by atoms with Crippen LogP contribution >= 0.6 is 0 Å². The van der Waals surface area contributed by atoms with Crippen molar-refractivity contribution in [1.82, 2.24) is 4.57 Å². The zero-order chi connectivity index (χ0) is 44.3. The van der Waals surface area contributed by atoms with Gasteiger partial charge < -0.3 is 13.9 Å². The lowest BCUT2D eigenvalue weighted by Crippen LogP contribution is -2.11. The van der Waals surface area contributed by atoms with Gasteiger partial charge in [0.2, 0.25) is 0 Å². The first kappa shape index (κ1) is 38.5. The van der Waals surface area contributed by atoms with Gasteiger partial charge in [0.25, 0.3) is 0 Å². The summed E-state index contributed by atoms with van der Waals surface area (Å²) < 4.78 is 9.20. The SMILES string of the molecule is c1ccc(-c2ccc(N(c3ccc(-c4ccccc4-n4c5ccccc5c5ccccc54)cc3)c3ccc(-c4cccc5c4oc4c6ccccc6ccc54)cc3)c(-c3ccccc3)c2)cc1. The smallest absolute Gasteiger partial charge is 0.143 e. The molecule has 0 aliphatic heterocycles. The van der Waals surface area contributed by atoms with E-state index in [9.17, 15) is 0 Å². The average molecular weight is 855 g/mol. The average Bonchev–Trinajstić information content (AvgIpc) is 3.96. The van der Waals surface area contributed by atoms with E-state index in [-0.39, 0.29) is 0 Å². The number of hydrogen-bond donors (Lipinski definition) is 0. The Bertz CT molecular complexity index is 3900. The van der Waals surface area contributed by atoms with E-state index in [1.54, 1.807) is 0 Å². The number of benzene rings is 11. The number of anilines is 3. The largest absolute Gasteiger partial charge is 0.455 e. The highest BCUT2D eigenvalue weighted by Crippen LogP contribution is 2.45. The molecule has 0 aliphatic rings. The zero-order valence-electron chi connectivity index (χ0n) is 36.6. The standard InChI is InChI=1S/C64H42N2O/c1-3-16-43(17-4-1)48-35-41-62(58(42-48)44-18-5-2-6-19-44)65(50-38-32-47(33-39-50)53-25-15-26-56-57-40-34-45-20-7-8-22-52(45)64(57)67-63(53)56)49-36-30-46(31-37-49)51-21-9-12-27-59(51)66-60-28-13-10-23-54(60)55-24-11-14-29-61(55)66/h1-42H. The Morgan fingerprint density at radius 2 is 0.806 bits per heavy atom. The number of aromatic nitrogens is 1. The van der Waals surface area contributed by atoms with Gasteiger partial charge in [0, 0.05) is 55.0 Å². The maximum absolute atomic E-state index is 6.79. The first-order chi connectivity index (χ1) is 33.2. The lowest BCUT2D eigenvalue weighted by Gasteiger charge is -2.29. The van der Waals surface area contributed by atoms with Crippen molar-refractivity contribution in [3.05, 3.63) is 255 Å². The van der Waals surface area contributed by atoms with Crippen LogP contribution in [0.1, 0.15) is 0 Å². The highest BCUT2D eigenvalue weighted by Gasteiger charge is 2.21. The summed E-state index contributed by atoms with van der Waals surface area (Å²) >= 11 is 0. The minimum absolute atomic E-state index is 0.901. The van der Waals surface area contributed by atoms with E-state index in [0.717, 1.165) is 77.9 Å². The Hall–Kier alpha value is -8.92. The maximum atomic E-state index is 6.79. The van der Waals surface area contributed by atoms with Crippen molar-refractivity contribution in [2.75, 3.05) is 4.90 Å². The Morgan fingerprint density at radius 3 is 1.51 bits per heavy atom. The molecule has 2 aromatic heterocycles. The molecule has 13 rings (SSSR count). The molecule has 13 aromatic rings. The van der Waals surface area contributed by atoms with Crippen LogP contribution in [0.4, 0.5) is 17.1 Å². The summed E-state index contributed by atoms with van der Waals surface area (Å²) in [5.74, 6) is 0. The molecule has 0 atom stereocenters. The molecule has 0 unspecified atom stereocenters. The molecule has 0 fully saturated rings. The molecule has 0 saturated carbocycles. The third-order valence-corrected chi connectivity index (χ3v) is 13.4. The van der Waals surface area contributed by atoms with Gasteiger partial charge in [-0.1, -0.05) is 194 Å². The minimum atomic E-state index is 0.901. The van der Waals surface area contributed by atoms with Gasteiger partial charge in [0.1, 0.15) is 11.2 Å². The molecule has 0 spiro atoms. The normalized spacial score (nSPS) is 11.6. The minimum Gasteiger partial charge on any atom is -0.455 e. The fraction of sp³-hybridized carbons (Fsp3) is 0. The Morgan fingerprint density at radius 1 is 0.299 bits per heavy atom. The van der Waals surface area contributed by atoms with Crippen LogP contribution in [-0.2, 0) is 0 Å². The molecule has 3 nitrogen and oxygen atoms in total. The van der Waals surface area contributed by atoms with Gasteiger partial charge in [-0.2, -0.15) is 0 Å². The molecule has 0 N–H and O–H groups in total. The topological polar surface area (TPSA) is 21.3 Å². The van der Waals surface area contributed by atoms with Crippen LogP contribution in [0.25, 0.3) is 105 Å². The van der Waals surface area contributed by atoms with E-state index in [2.05, 4.69) is 264 Å². The Balaban J connectivity index is 0.961. The van der Waals surface area contributed by atoms with E-state index in [0.29, 0.717) is 0 Å². The van der Waals surface area contributed by atoms with Crippen molar-refractivity contribution in [3.63, 3.8) is 0 Å². The summed E-state index contributed by atoms with van der Waals surface area (Å²) in [6.45, 7) is 0. The number of furan rings is 1. The van der Waals surface area contributed by atoms with Gasteiger partial charge >= 0.3 is 0 Å². The van der Waals surface area contributed by atoms with Gasteiger partial charge in [-0.05, 0) is 93.9 Å². The van der Waals surface area contributed by atoms with Gasteiger partial charge in [-0.25, -0.2) is 0 Å². The quantitative estimate of drug-likeness (QED) is 0.152. The first-order valence-electron chi connectivity index (χ1n) is 22.9. The highest BCUT2D eigenvalue weighted by atomic mass is 16.3. The first-order valence-corrected chi connectivity index (χ1v) is 22.9. The number of fused-ring (bicyclic) bond motifs is 8. The van der Waals surface area contributed by atoms with Crippen molar-refractivity contribution in [2.24, 2.45) is 0 Å². The Labute approximate surface area is 388 Å². The van der Waals surface area contributed by atoms with Crippen LogP contribution in [0, 0.1) is 0 Å². The van der Waals surface area contributed by atoms with Crippen LogP contribution in [0.15, 0.2) is 259 Å². The number of nitrogens with zero attached hydrogens (tertiary/aromatic N) is 2. The summed E-state index contributed by atoms with van der Waals surface area (Å²) in [7, 11) is 0. The third kappa shape index (κ3) is 6.51. The van der Waals surface area contributed by atoms with E-state index >= 15 is 0 Å². The summed E-state index contributed by atoms with van der Waals surface area (Å²) in [6, 6.07) is 91.8. The van der Waals surface area contributed by atoms with Crippen LogP contribution in [0.3, 0.4) is 0 Å². The van der Waals surface area contributed by atoms with E-state index in [4.69, 9.17) is 4.42 Å². The van der Waals surface area contributed by atoms with Crippen LogP contribution in [0.2, 0.25) is 0 Å². The van der Waals surface area contributed by atoms with Crippen LogP contribution < -0.4 is 4.90 Å². The lowest BCUT2D eigenvalue weighted by molar-refractivity contribution is 0.674. The summed E-state index contributed by atoms with van der Waals surface area (Å²) in [5.41, 5.74) is 17.7. The molecule has 11 aromatic carbocycles. The van der Waals surface area contributed by atoms with Crippen molar-refractivity contribution in [1.29, 1.82) is 0 Å². The van der Waals surface area contributed by atoms with Crippen molar-refractivity contribution >= 4 is 71.6 Å². The van der Waals surface area contributed by atoms with Gasteiger partial charge in [-0.3, -0.25) is 0 Å². The number of rotatable bonds is 8. The van der Waals surface area contributed by atoms with Crippen LogP contribution in [0.5, 0.6) is 0 Å². The lowest BCUT2D eigenvalue weighted by atomic mass is 9.95. The van der Waals surface area contributed by atoms with Crippen molar-refractivity contribution < 1.29 is 4.42 Å². The second-order valence-electron chi connectivity index (χ2n) is 17.2. The molecule has 0 aliphatic carbocycles. The predicted molar refractivity (Wildman–Crippen MR) is 282 cm³/mol. The third-order valence-electron chi connectivity index (χ3n) is 13.4. The summed E-state index contributed by atoms with van der Waals surface area (Å²) in [5, 5.41) is 7.05. The monoisotopic (exact) mass is 854 g/mol. The zero-order valence-corrected chi connectivity index (χ0v) is 36.6. The highest BCUT2D eigenvalue weighted by molar-refractivity contribution is 6.17. The second-order valence-corrected chi connectivity index (χ2v) is 17.2. The van der Waals surface area contributed by atoms with Crippen LogP contribution in [-0.4, -0.2) is 4.57 Å². The van der Waals surface area contributed by atoms with Crippen molar-refractivity contribution in [3.8, 4) is 50.2 Å². The molecule has 3 heteroatoms. The Kier molecular flexibility index (Phi) is 9.17. The molecule has 67 heavy (non-hydrogen) atoms. The molecule has 0 radical (unpaired) electrons. The molecular weight excluding hydrogens is 813 g/mol. The van der Waals surface area contributed by atoms with Crippen molar-refractivity contribution in [2.45, 2.75) is 0 Å². The van der Waals surface area contributed by atoms with E-state index in [1.807, 2.05) is 0 Å². The van der Waals surface area contributed by atoms with Gasteiger partial charge in [0.05, 0.1) is 22.4 Å².